The predicted molar refractivity (Wildman–Crippen MR) is 112 cm³/mol. The van der Waals surface area contributed by atoms with Crippen molar-refractivity contribution in [2.24, 2.45) is 0 Å². The van der Waals surface area contributed by atoms with Gasteiger partial charge in [-0.05, 0) is 33.9 Å². The second-order valence-corrected chi connectivity index (χ2v) is 8.98. The molecule has 0 spiro atoms. The summed E-state index contributed by atoms with van der Waals surface area (Å²) in [4.78, 5) is 30.8. The first kappa shape index (κ1) is 20.0. The summed E-state index contributed by atoms with van der Waals surface area (Å²) < 4.78 is 7.46. The van der Waals surface area contributed by atoms with Gasteiger partial charge in [0.05, 0.1) is 18.3 Å². The molecule has 2 aliphatic rings. The largest absolute Gasteiger partial charge is 0.463 e. The van der Waals surface area contributed by atoms with E-state index in [4.69, 9.17) is 4.42 Å². The zero-order valence-corrected chi connectivity index (χ0v) is 17.7. The van der Waals surface area contributed by atoms with E-state index in [1.54, 1.807) is 17.2 Å². The van der Waals surface area contributed by atoms with Gasteiger partial charge in [-0.1, -0.05) is 25.7 Å². The molecule has 1 N–H and O–H groups in total. The second-order valence-electron chi connectivity index (χ2n) is 8.98. The van der Waals surface area contributed by atoms with E-state index in [1.807, 2.05) is 36.6 Å². The number of aromatic nitrogens is 1. The molecule has 2 aromatic heterocycles. The SMILES string of the molecule is CN(C)CCN1C(=O)c2cc3occc3n2CC1(C)C(=O)NC1CCCCCC1. The molecule has 0 radical (unpaired) electrons. The van der Waals surface area contributed by atoms with Crippen LogP contribution in [-0.4, -0.2) is 64.9 Å². The van der Waals surface area contributed by atoms with Crippen LogP contribution in [0.5, 0.6) is 0 Å². The molecule has 1 atom stereocenters. The molecule has 1 aliphatic heterocycles. The summed E-state index contributed by atoms with van der Waals surface area (Å²) in [5.74, 6) is -0.157. The molecule has 7 heteroatoms. The normalized spacial score (nSPS) is 23.4. The van der Waals surface area contributed by atoms with Crippen molar-refractivity contribution in [2.75, 3.05) is 27.2 Å². The molecule has 1 saturated carbocycles. The monoisotopic (exact) mass is 400 g/mol. The molecule has 158 valence electrons. The Morgan fingerprint density at radius 2 is 2.00 bits per heavy atom. The molecule has 0 aromatic carbocycles. The number of amides is 2. The highest BCUT2D eigenvalue weighted by Crippen LogP contribution is 2.33. The number of fused-ring (bicyclic) bond motifs is 3. The molecule has 29 heavy (non-hydrogen) atoms. The van der Waals surface area contributed by atoms with Gasteiger partial charge in [0.15, 0.2) is 5.58 Å². The quantitative estimate of drug-likeness (QED) is 0.784. The Morgan fingerprint density at radius 3 is 2.69 bits per heavy atom. The average molecular weight is 401 g/mol. The number of rotatable bonds is 5. The minimum atomic E-state index is -0.935. The van der Waals surface area contributed by atoms with Crippen molar-refractivity contribution in [1.82, 2.24) is 19.7 Å². The molecule has 4 rings (SSSR count). The third-order valence-electron chi connectivity index (χ3n) is 6.50. The van der Waals surface area contributed by atoms with Crippen LogP contribution in [0, 0.1) is 0 Å². The summed E-state index contributed by atoms with van der Waals surface area (Å²) in [5.41, 5.74) is 1.22. The smallest absolute Gasteiger partial charge is 0.271 e. The van der Waals surface area contributed by atoms with Gasteiger partial charge in [-0.3, -0.25) is 9.59 Å². The molecule has 3 heterocycles. The zero-order valence-electron chi connectivity index (χ0n) is 17.7. The number of furan rings is 1. The van der Waals surface area contributed by atoms with Crippen LogP contribution in [-0.2, 0) is 11.3 Å². The summed E-state index contributed by atoms with van der Waals surface area (Å²) in [5, 5.41) is 3.29. The molecule has 7 nitrogen and oxygen atoms in total. The number of likely N-dealkylation sites (N-methyl/N-ethyl adjacent to an activating group) is 1. The third kappa shape index (κ3) is 3.68. The highest BCUT2D eigenvalue weighted by Gasteiger charge is 2.48. The number of hydrogen-bond donors (Lipinski definition) is 1. The van der Waals surface area contributed by atoms with Gasteiger partial charge >= 0.3 is 0 Å². The van der Waals surface area contributed by atoms with E-state index in [0.717, 1.165) is 31.2 Å². The van der Waals surface area contributed by atoms with Crippen molar-refractivity contribution in [3.8, 4) is 0 Å². The number of nitrogens with one attached hydrogen (secondary N) is 1. The van der Waals surface area contributed by atoms with E-state index in [9.17, 15) is 9.59 Å². The van der Waals surface area contributed by atoms with E-state index in [1.165, 1.54) is 12.8 Å². The van der Waals surface area contributed by atoms with Crippen LogP contribution in [0.4, 0.5) is 0 Å². The van der Waals surface area contributed by atoms with Crippen molar-refractivity contribution in [2.45, 2.75) is 63.6 Å². The highest BCUT2D eigenvalue weighted by atomic mass is 16.3. The summed E-state index contributed by atoms with van der Waals surface area (Å²) in [7, 11) is 3.96. The van der Waals surface area contributed by atoms with Gasteiger partial charge in [0.2, 0.25) is 5.91 Å². The lowest BCUT2D eigenvalue weighted by atomic mass is 9.93. The third-order valence-corrected chi connectivity index (χ3v) is 6.50. The van der Waals surface area contributed by atoms with E-state index in [-0.39, 0.29) is 17.9 Å². The number of carbonyl (C=O) groups excluding carboxylic acids is 2. The van der Waals surface area contributed by atoms with Gasteiger partial charge in [-0.15, -0.1) is 0 Å². The van der Waals surface area contributed by atoms with Crippen LogP contribution in [0.25, 0.3) is 11.1 Å². The molecular formula is C22H32N4O3. The van der Waals surface area contributed by atoms with E-state index < -0.39 is 5.54 Å². The Labute approximate surface area is 172 Å². The topological polar surface area (TPSA) is 70.7 Å². The van der Waals surface area contributed by atoms with Gasteiger partial charge in [0, 0.05) is 31.3 Å². The first-order valence-electron chi connectivity index (χ1n) is 10.7. The Hall–Kier alpha value is -2.28. The number of carbonyl (C=O) groups is 2. The lowest BCUT2D eigenvalue weighted by molar-refractivity contribution is -0.133. The summed E-state index contributed by atoms with van der Waals surface area (Å²) in [6.45, 7) is 3.55. The first-order valence-corrected chi connectivity index (χ1v) is 10.7. The fourth-order valence-electron chi connectivity index (χ4n) is 4.69. The van der Waals surface area contributed by atoms with Crippen LogP contribution >= 0.6 is 0 Å². The summed E-state index contributed by atoms with van der Waals surface area (Å²) >= 11 is 0. The van der Waals surface area contributed by atoms with E-state index in [2.05, 4.69) is 5.32 Å². The van der Waals surface area contributed by atoms with Crippen molar-refractivity contribution >= 4 is 22.9 Å². The van der Waals surface area contributed by atoms with E-state index in [0.29, 0.717) is 30.9 Å². The standard InChI is InChI=1S/C22H32N4O3/c1-22(21(28)23-16-8-6-4-5-7-9-16)15-25-17-10-13-29-19(17)14-18(25)20(27)26(22)12-11-24(2)3/h10,13-14,16H,4-9,11-12,15H2,1-3H3,(H,23,28). The Bertz CT molecular complexity index is 891. The lowest BCUT2D eigenvalue weighted by Crippen LogP contribution is -2.65. The minimum Gasteiger partial charge on any atom is -0.463 e. The molecular weight excluding hydrogens is 368 g/mol. The Kier molecular flexibility index (Phi) is 5.42. The molecule has 0 saturated heterocycles. The van der Waals surface area contributed by atoms with Gasteiger partial charge < -0.3 is 24.1 Å². The predicted octanol–water partition coefficient (Wildman–Crippen LogP) is 2.85. The maximum Gasteiger partial charge on any atom is 0.271 e. The first-order chi connectivity index (χ1) is 13.9. The zero-order chi connectivity index (χ0) is 20.6. The molecule has 2 amide bonds. The minimum absolute atomic E-state index is 0.0486. The van der Waals surface area contributed by atoms with E-state index >= 15 is 0 Å². The van der Waals surface area contributed by atoms with Crippen LogP contribution in [0.2, 0.25) is 0 Å². The maximum atomic E-state index is 13.6. The molecule has 2 aromatic rings. The maximum absolute atomic E-state index is 13.6. The van der Waals surface area contributed by atoms with Crippen molar-refractivity contribution in [3.05, 3.63) is 24.1 Å². The fourth-order valence-corrected chi connectivity index (χ4v) is 4.69. The fraction of sp³-hybridized carbons (Fsp3) is 0.636. The molecule has 1 aliphatic carbocycles. The summed E-state index contributed by atoms with van der Waals surface area (Å²) in [6.07, 6.45) is 8.46. The molecule has 1 unspecified atom stereocenters. The second kappa shape index (κ2) is 7.86. The molecule has 0 bridgehead atoms. The van der Waals surface area contributed by atoms with Crippen LogP contribution in [0.15, 0.2) is 22.8 Å². The van der Waals surface area contributed by atoms with Crippen molar-refractivity contribution in [1.29, 1.82) is 0 Å². The Balaban J connectivity index is 1.66. The average Bonchev–Trinajstić information content (AvgIpc) is 3.16. The Morgan fingerprint density at radius 1 is 1.28 bits per heavy atom. The van der Waals surface area contributed by atoms with Gasteiger partial charge in [0.25, 0.3) is 5.91 Å². The van der Waals surface area contributed by atoms with Gasteiger partial charge in [-0.25, -0.2) is 0 Å². The van der Waals surface area contributed by atoms with Crippen molar-refractivity contribution < 1.29 is 14.0 Å². The summed E-state index contributed by atoms with van der Waals surface area (Å²) in [6, 6.07) is 3.86. The highest BCUT2D eigenvalue weighted by molar-refractivity contribution is 6.02. The molecule has 1 fully saturated rings. The van der Waals surface area contributed by atoms with Crippen molar-refractivity contribution in [3.63, 3.8) is 0 Å². The number of hydrogen-bond acceptors (Lipinski definition) is 4. The van der Waals surface area contributed by atoms with Crippen LogP contribution < -0.4 is 5.32 Å². The van der Waals surface area contributed by atoms with Gasteiger partial charge in [-0.2, -0.15) is 0 Å². The lowest BCUT2D eigenvalue weighted by Gasteiger charge is -2.45. The van der Waals surface area contributed by atoms with Crippen LogP contribution in [0.1, 0.15) is 55.9 Å². The van der Waals surface area contributed by atoms with Gasteiger partial charge in [0.1, 0.15) is 11.2 Å². The van der Waals surface area contributed by atoms with Crippen LogP contribution in [0.3, 0.4) is 0 Å². The number of nitrogens with zero attached hydrogens (tertiary/aromatic N) is 3.